The lowest BCUT2D eigenvalue weighted by molar-refractivity contribution is -0.155. The number of pyridine rings is 1. The van der Waals surface area contributed by atoms with Gasteiger partial charge in [0.1, 0.15) is 0 Å². The van der Waals surface area contributed by atoms with Crippen molar-refractivity contribution in [2.45, 2.75) is 50.6 Å². The Morgan fingerprint density at radius 3 is 2.46 bits per heavy atom. The van der Waals surface area contributed by atoms with Crippen LogP contribution in [0.1, 0.15) is 67.4 Å². The molecule has 2 heterocycles. The summed E-state index contributed by atoms with van der Waals surface area (Å²) < 4.78 is 0. The lowest BCUT2D eigenvalue weighted by atomic mass is 9.67. The molecule has 1 aliphatic carbocycles. The van der Waals surface area contributed by atoms with E-state index in [0.717, 1.165) is 29.7 Å². The third-order valence-electron chi connectivity index (χ3n) is 7.54. The highest BCUT2D eigenvalue weighted by atomic mass is 35.5. The average Bonchev–Trinajstić information content (AvgIpc) is 3.69. The third-order valence-corrected chi connectivity index (χ3v) is 8.03. The summed E-state index contributed by atoms with van der Waals surface area (Å²) in [7, 11) is 0. The maximum Gasteiger partial charge on any atom is 0.229 e. The first-order valence-corrected chi connectivity index (χ1v) is 13.0. The molecule has 0 radical (unpaired) electrons. The Bertz CT molecular complexity index is 1210. The van der Waals surface area contributed by atoms with E-state index >= 15 is 0 Å². The van der Waals surface area contributed by atoms with Gasteiger partial charge in [-0.15, -0.1) is 6.58 Å². The molecule has 35 heavy (non-hydrogen) atoms. The van der Waals surface area contributed by atoms with Crippen molar-refractivity contribution < 1.29 is 4.79 Å². The number of nitrogens with zero attached hydrogens (tertiary/aromatic N) is 2. The molecule has 0 spiro atoms. The third kappa shape index (κ3) is 4.77. The van der Waals surface area contributed by atoms with E-state index < -0.39 is 5.41 Å². The number of hydrogen-bond acceptors (Lipinski definition) is 2. The second kappa shape index (κ2) is 9.79. The first kappa shape index (κ1) is 24.1. The molecule has 1 saturated heterocycles. The molecule has 3 nitrogen and oxygen atoms in total. The normalized spacial score (nSPS) is 25.3. The molecular weight excluding hydrogens is 475 g/mol. The largest absolute Gasteiger partial charge is 0.326 e. The fourth-order valence-electron chi connectivity index (χ4n) is 5.77. The number of carbonyl (C=O) groups excluding carboxylic acids is 1. The Morgan fingerprint density at radius 1 is 1.06 bits per heavy atom. The number of hydrogen-bond donors (Lipinski definition) is 0. The zero-order valence-corrected chi connectivity index (χ0v) is 21.4. The molecule has 5 rings (SSSR count). The smallest absolute Gasteiger partial charge is 0.229 e. The predicted molar refractivity (Wildman–Crippen MR) is 142 cm³/mol. The van der Waals surface area contributed by atoms with Crippen LogP contribution in [0.15, 0.2) is 85.6 Å². The first-order chi connectivity index (χ1) is 16.9. The minimum atomic E-state index is -0.570. The van der Waals surface area contributed by atoms with Crippen molar-refractivity contribution in [2.24, 2.45) is 11.3 Å². The van der Waals surface area contributed by atoms with Gasteiger partial charge in [0.15, 0.2) is 0 Å². The van der Waals surface area contributed by atoms with Crippen LogP contribution in [0.3, 0.4) is 0 Å². The topological polar surface area (TPSA) is 33.2 Å². The van der Waals surface area contributed by atoms with E-state index in [4.69, 9.17) is 28.2 Å². The van der Waals surface area contributed by atoms with Gasteiger partial charge in [-0.2, -0.15) is 0 Å². The molecule has 0 N–H and O–H groups in total. The van der Waals surface area contributed by atoms with Gasteiger partial charge in [0.2, 0.25) is 5.91 Å². The van der Waals surface area contributed by atoms with Crippen LogP contribution in [0.2, 0.25) is 10.0 Å². The van der Waals surface area contributed by atoms with Crippen molar-refractivity contribution >= 4 is 29.1 Å². The zero-order valence-electron chi connectivity index (χ0n) is 19.9. The second-order valence-corrected chi connectivity index (χ2v) is 11.0. The van der Waals surface area contributed by atoms with Crippen LogP contribution >= 0.6 is 23.2 Å². The lowest BCUT2D eigenvalue weighted by Crippen LogP contribution is -2.53. The Kier molecular flexibility index (Phi) is 6.74. The summed E-state index contributed by atoms with van der Waals surface area (Å²) in [6.45, 7) is 6.08. The van der Waals surface area contributed by atoms with E-state index in [-0.39, 0.29) is 23.9 Å². The van der Waals surface area contributed by atoms with Crippen molar-refractivity contribution in [1.29, 1.82) is 0 Å². The van der Waals surface area contributed by atoms with E-state index in [1.54, 1.807) is 0 Å². The van der Waals surface area contributed by atoms with Crippen LogP contribution in [-0.2, 0) is 4.79 Å². The van der Waals surface area contributed by atoms with Gasteiger partial charge in [-0.3, -0.25) is 9.78 Å². The van der Waals surface area contributed by atoms with Crippen molar-refractivity contribution in [1.82, 2.24) is 9.88 Å². The fourth-order valence-corrected chi connectivity index (χ4v) is 6.09. The molecule has 0 bridgehead atoms. The SMILES string of the molecule is C=CCC1(C)CC(c2cccc(Cl)c2)C(c2ccc(Cl)cc2)N([C@H](c2ccccn2)C2CC2)C1=O. The van der Waals surface area contributed by atoms with Gasteiger partial charge in [-0.25, -0.2) is 0 Å². The molecule has 3 aromatic rings. The Morgan fingerprint density at radius 2 is 1.83 bits per heavy atom. The number of piperidine rings is 1. The van der Waals surface area contributed by atoms with E-state index in [2.05, 4.69) is 42.7 Å². The van der Waals surface area contributed by atoms with Crippen molar-refractivity contribution in [3.05, 3.63) is 112 Å². The van der Waals surface area contributed by atoms with Gasteiger partial charge >= 0.3 is 0 Å². The summed E-state index contributed by atoms with van der Waals surface area (Å²) in [6, 6.07) is 21.8. The number of carbonyl (C=O) groups is 1. The minimum Gasteiger partial charge on any atom is -0.326 e. The number of halogens is 2. The second-order valence-electron chi connectivity index (χ2n) is 10.2. The molecule has 3 unspecified atom stereocenters. The number of likely N-dealkylation sites (tertiary alicyclic amines) is 1. The number of amides is 1. The molecule has 4 atom stereocenters. The molecule has 2 aromatic carbocycles. The summed E-state index contributed by atoms with van der Waals surface area (Å²) >= 11 is 12.7. The van der Waals surface area contributed by atoms with Crippen LogP contribution in [0, 0.1) is 11.3 Å². The molecule has 180 valence electrons. The molecule has 1 aliphatic heterocycles. The lowest BCUT2D eigenvalue weighted by Gasteiger charge is -2.52. The van der Waals surface area contributed by atoms with Crippen LogP contribution < -0.4 is 0 Å². The summed E-state index contributed by atoms with van der Waals surface area (Å²) in [6.07, 6.45) is 7.22. The summed E-state index contributed by atoms with van der Waals surface area (Å²) in [5.41, 5.74) is 2.60. The van der Waals surface area contributed by atoms with Crippen molar-refractivity contribution in [2.75, 3.05) is 0 Å². The summed E-state index contributed by atoms with van der Waals surface area (Å²) in [5.74, 6) is 0.621. The number of aromatic nitrogens is 1. The highest BCUT2D eigenvalue weighted by molar-refractivity contribution is 6.30. The predicted octanol–water partition coefficient (Wildman–Crippen LogP) is 8.18. The standard InChI is InChI=1S/C30H30Cl2N2O/c1-3-16-30(2)19-25(22-7-6-8-24(32)18-22)27(20-12-14-23(31)15-13-20)34(29(30)35)28(21-10-11-21)26-9-4-5-17-33-26/h3-9,12-15,17-18,21,25,27-28H,1,10-11,16,19H2,2H3/t25?,27?,28-,30?/m0/s1. The van der Waals surface area contributed by atoms with E-state index in [1.807, 2.05) is 54.7 Å². The monoisotopic (exact) mass is 504 g/mol. The van der Waals surface area contributed by atoms with Gasteiger partial charge in [-0.1, -0.05) is 66.5 Å². The van der Waals surface area contributed by atoms with E-state index in [0.29, 0.717) is 28.8 Å². The fraction of sp³-hybridized carbons (Fsp3) is 0.333. The molecule has 2 fully saturated rings. The number of benzene rings is 2. The summed E-state index contributed by atoms with van der Waals surface area (Å²) in [5, 5.41) is 1.39. The maximum absolute atomic E-state index is 14.5. The van der Waals surface area contributed by atoms with Gasteiger partial charge in [-0.05, 0) is 79.1 Å². The Balaban J connectivity index is 1.72. The van der Waals surface area contributed by atoms with Crippen LogP contribution in [0.5, 0.6) is 0 Å². The van der Waals surface area contributed by atoms with Gasteiger partial charge < -0.3 is 4.90 Å². The zero-order chi connectivity index (χ0) is 24.6. The molecule has 1 saturated carbocycles. The maximum atomic E-state index is 14.5. The average molecular weight is 505 g/mol. The van der Waals surface area contributed by atoms with E-state index in [1.165, 1.54) is 0 Å². The Hall–Kier alpha value is -2.62. The molecule has 1 amide bonds. The Labute approximate surface area is 217 Å². The molecule has 5 heteroatoms. The number of rotatable bonds is 7. The highest BCUT2D eigenvalue weighted by Gasteiger charge is 2.54. The quantitative estimate of drug-likeness (QED) is 0.304. The molecular formula is C30H30Cl2N2O. The molecule has 2 aliphatic rings. The van der Waals surface area contributed by atoms with Crippen LogP contribution in [-0.4, -0.2) is 15.8 Å². The van der Waals surface area contributed by atoms with Crippen molar-refractivity contribution in [3.63, 3.8) is 0 Å². The van der Waals surface area contributed by atoms with Crippen molar-refractivity contribution in [3.8, 4) is 0 Å². The van der Waals surface area contributed by atoms with Gasteiger partial charge in [0.25, 0.3) is 0 Å². The highest BCUT2D eigenvalue weighted by Crippen LogP contribution is 2.57. The van der Waals surface area contributed by atoms with Crippen LogP contribution in [0.25, 0.3) is 0 Å². The number of allylic oxidation sites excluding steroid dienone is 1. The summed E-state index contributed by atoms with van der Waals surface area (Å²) in [4.78, 5) is 21.4. The van der Waals surface area contributed by atoms with Gasteiger partial charge in [0, 0.05) is 22.2 Å². The molecule has 1 aromatic heterocycles. The minimum absolute atomic E-state index is 0.0579. The van der Waals surface area contributed by atoms with Gasteiger partial charge in [0.05, 0.1) is 23.2 Å². The first-order valence-electron chi connectivity index (χ1n) is 12.3. The van der Waals surface area contributed by atoms with Crippen LogP contribution in [0.4, 0.5) is 0 Å². The van der Waals surface area contributed by atoms with E-state index in [9.17, 15) is 4.79 Å².